The highest BCUT2D eigenvalue weighted by Crippen LogP contribution is 1.96. The van der Waals surface area contributed by atoms with Crippen LogP contribution in [0.25, 0.3) is 0 Å². The lowest BCUT2D eigenvalue weighted by Gasteiger charge is -2.03. The minimum atomic E-state index is -0.591. The third kappa shape index (κ3) is 1.60. The SMILES string of the molecule is N#Cc1nccn1CC(N)C#N. The number of nitrogens with zero attached hydrogens (tertiary/aromatic N) is 4. The summed E-state index contributed by atoms with van der Waals surface area (Å²) < 4.78 is 1.55. The first-order valence-corrected chi connectivity index (χ1v) is 3.34. The van der Waals surface area contributed by atoms with E-state index in [4.69, 9.17) is 16.3 Å². The molecule has 0 aliphatic rings. The van der Waals surface area contributed by atoms with Crippen molar-refractivity contribution in [1.82, 2.24) is 9.55 Å². The second-order valence-corrected chi connectivity index (χ2v) is 2.25. The van der Waals surface area contributed by atoms with E-state index in [2.05, 4.69) is 4.98 Å². The van der Waals surface area contributed by atoms with E-state index in [1.54, 1.807) is 10.8 Å². The molecule has 1 heterocycles. The number of aromatic nitrogens is 2. The topological polar surface area (TPSA) is 91.4 Å². The van der Waals surface area contributed by atoms with Gasteiger partial charge in [-0.15, -0.1) is 0 Å². The second kappa shape index (κ2) is 3.51. The summed E-state index contributed by atoms with van der Waals surface area (Å²) in [5, 5.41) is 16.9. The molecule has 5 heteroatoms. The van der Waals surface area contributed by atoms with Crippen molar-refractivity contribution in [3.63, 3.8) is 0 Å². The summed E-state index contributed by atoms with van der Waals surface area (Å²) in [6.45, 7) is 0.305. The summed E-state index contributed by atoms with van der Waals surface area (Å²) in [4.78, 5) is 3.76. The number of nitriles is 2. The van der Waals surface area contributed by atoms with E-state index in [-0.39, 0.29) is 5.82 Å². The molecular formula is C7H7N5. The summed E-state index contributed by atoms with van der Waals surface area (Å²) in [5.41, 5.74) is 5.37. The minimum absolute atomic E-state index is 0.278. The zero-order valence-corrected chi connectivity index (χ0v) is 6.31. The van der Waals surface area contributed by atoms with Gasteiger partial charge in [-0.25, -0.2) is 4.98 Å². The first kappa shape index (κ1) is 8.25. The summed E-state index contributed by atoms with van der Waals surface area (Å²) >= 11 is 0. The van der Waals surface area contributed by atoms with Gasteiger partial charge >= 0.3 is 0 Å². The monoisotopic (exact) mass is 161 g/mol. The Bertz CT molecular complexity index is 339. The van der Waals surface area contributed by atoms with Crippen molar-refractivity contribution in [2.45, 2.75) is 12.6 Å². The molecule has 1 unspecified atom stereocenters. The number of hydrogen-bond acceptors (Lipinski definition) is 4. The van der Waals surface area contributed by atoms with Crippen LogP contribution in [-0.2, 0) is 6.54 Å². The van der Waals surface area contributed by atoms with Crippen LogP contribution in [-0.4, -0.2) is 15.6 Å². The Morgan fingerprint density at radius 3 is 3.00 bits per heavy atom. The van der Waals surface area contributed by atoms with E-state index >= 15 is 0 Å². The molecule has 0 aliphatic heterocycles. The maximum Gasteiger partial charge on any atom is 0.212 e. The van der Waals surface area contributed by atoms with Gasteiger partial charge < -0.3 is 10.3 Å². The molecule has 0 bridgehead atoms. The lowest BCUT2D eigenvalue weighted by molar-refractivity contribution is 0.630. The molecule has 1 aromatic heterocycles. The van der Waals surface area contributed by atoms with Crippen LogP contribution in [0.15, 0.2) is 12.4 Å². The Labute approximate surface area is 69.7 Å². The van der Waals surface area contributed by atoms with Crippen molar-refractivity contribution in [2.75, 3.05) is 0 Å². The van der Waals surface area contributed by atoms with Gasteiger partial charge in [-0.05, 0) is 0 Å². The van der Waals surface area contributed by atoms with Crippen molar-refractivity contribution in [3.8, 4) is 12.1 Å². The van der Waals surface area contributed by atoms with Crippen molar-refractivity contribution < 1.29 is 0 Å². The summed E-state index contributed by atoms with van der Waals surface area (Å²) in [6.07, 6.45) is 3.12. The predicted molar refractivity (Wildman–Crippen MR) is 40.5 cm³/mol. The first-order valence-electron chi connectivity index (χ1n) is 3.34. The van der Waals surface area contributed by atoms with Crippen molar-refractivity contribution in [1.29, 1.82) is 10.5 Å². The maximum atomic E-state index is 8.54. The molecule has 12 heavy (non-hydrogen) atoms. The Kier molecular flexibility index (Phi) is 2.42. The number of nitrogens with two attached hydrogens (primary N) is 1. The van der Waals surface area contributed by atoms with Crippen molar-refractivity contribution in [3.05, 3.63) is 18.2 Å². The molecule has 5 nitrogen and oxygen atoms in total. The van der Waals surface area contributed by atoms with Crippen LogP contribution in [0.2, 0.25) is 0 Å². The van der Waals surface area contributed by atoms with Gasteiger partial charge in [-0.3, -0.25) is 0 Å². The molecule has 0 aliphatic carbocycles. The molecular weight excluding hydrogens is 154 g/mol. The minimum Gasteiger partial charge on any atom is -0.320 e. The highest BCUT2D eigenvalue weighted by atomic mass is 15.1. The Hall–Kier alpha value is -1.85. The third-order valence-electron chi connectivity index (χ3n) is 1.37. The molecule has 0 aromatic carbocycles. The molecule has 1 atom stereocenters. The molecule has 0 saturated carbocycles. The maximum absolute atomic E-state index is 8.54. The normalized spacial score (nSPS) is 11.6. The highest BCUT2D eigenvalue weighted by molar-refractivity contribution is 5.11. The average molecular weight is 161 g/mol. The van der Waals surface area contributed by atoms with Crippen LogP contribution in [0.4, 0.5) is 0 Å². The van der Waals surface area contributed by atoms with E-state index in [1.807, 2.05) is 12.1 Å². The third-order valence-corrected chi connectivity index (χ3v) is 1.37. The zero-order valence-electron chi connectivity index (χ0n) is 6.31. The van der Waals surface area contributed by atoms with E-state index in [0.29, 0.717) is 6.54 Å². The predicted octanol–water partition coefficient (Wildman–Crippen LogP) is -0.394. The van der Waals surface area contributed by atoms with Gasteiger partial charge in [0.25, 0.3) is 0 Å². The van der Waals surface area contributed by atoms with Crippen LogP contribution in [0, 0.1) is 22.7 Å². The molecule has 1 rings (SSSR count). The van der Waals surface area contributed by atoms with Crippen molar-refractivity contribution in [2.24, 2.45) is 5.73 Å². The van der Waals surface area contributed by atoms with Crippen LogP contribution in [0.5, 0.6) is 0 Å². The van der Waals surface area contributed by atoms with Gasteiger partial charge in [0.2, 0.25) is 5.82 Å². The summed E-state index contributed by atoms with van der Waals surface area (Å²) in [6, 6.07) is 3.17. The van der Waals surface area contributed by atoms with Crippen LogP contribution >= 0.6 is 0 Å². The Balaban J connectivity index is 2.78. The van der Waals surface area contributed by atoms with Gasteiger partial charge in [-0.1, -0.05) is 0 Å². The van der Waals surface area contributed by atoms with Crippen molar-refractivity contribution >= 4 is 0 Å². The molecule has 0 saturated heterocycles. The van der Waals surface area contributed by atoms with Gasteiger partial charge in [0, 0.05) is 12.4 Å². The largest absolute Gasteiger partial charge is 0.320 e. The molecule has 2 N–H and O–H groups in total. The standard InChI is InChI=1S/C7H7N5/c8-3-6(10)5-12-2-1-11-7(12)4-9/h1-2,6H,5,10H2. The zero-order chi connectivity index (χ0) is 8.97. The van der Waals surface area contributed by atoms with Gasteiger partial charge in [0.05, 0.1) is 12.6 Å². The quantitative estimate of drug-likeness (QED) is 0.639. The molecule has 0 fully saturated rings. The lowest BCUT2D eigenvalue weighted by Crippen LogP contribution is -2.24. The number of hydrogen-bond donors (Lipinski definition) is 1. The Morgan fingerprint density at radius 1 is 1.67 bits per heavy atom. The first-order chi connectivity index (χ1) is 5.77. The van der Waals surface area contributed by atoms with Gasteiger partial charge in [0.1, 0.15) is 12.1 Å². The van der Waals surface area contributed by atoms with Crippen LogP contribution < -0.4 is 5.73 Å². The molecule has 0 amide bonds. The second-order valence-electron chi connectivity index (χ2n) is 2.25. The lowest BCUT2D eigenvalue weighted by atomic mass is 10.3. The number of imidazole rings is 1. The van der Waals surface area contributed by atoms with Gasteiger partial charge in [0.15, 0.2) is 0 Å². The van der Waals surface area contributed by atoms with E-state index in [1.165, 1.54) is 6.20 Å². The highest BCUT2D eigenvalue weighted by Gasteiger charge is 2.05. The molecule has 1 aromatic rings. The summed E-state index contributed by atoms with van der Waals surface area (Å²) in [5.74, 6) is 0.278. The number of rotatable bonds is 2. The van der Waals surface area contributed by atoms with E-state index in [0.717, 1.165) is 0 Å². The smallest absolute Gasteiger partial charge is 0.212 e. The van der Waals surface area contributed by atoms with Gasteiger partial charge in [-0.2, -0.15) is 10.5 Å². The fraction of sp³-hybridized carbons (Fsp3) is 0.286. The molecule has 0 radical (unpaired) electrons. The molecule has 0 spiro atoms. The average Bonchev–Trinajstić information content (AvgIpc) is 2.51. The fourth-order valence-electron chi connectivity index (χ4n) is 0.822. The van der Waals surface area contributed by atoms with Crippen LogP contribution in [0.1, 0.15) is 5.82 Å². The molecule has 60 valence electrons. The summed E-state index contributed by atoms with van der Waals surface area (Å²) in [7, 11) is 0. The fourth-order valence-corrected chi connectivity index (χ4v) is 0.822. The van der Waals surface area contributed by atoms with E-state index < -0.39 is 6.04 Å². The Morgan fingerprint density at radius 2 is 2.42 bits per heavy atom. The van der Waals surface area contributed by atoms with Crippen LogP contribution in [0.3, 0.4) is 0 Å². The van der Waals surface area contributed by atoms with E-state index in [9.17, 15) is 0 Å².